The van der Waals surface area contributed by atoms with Crippen LogP contribution in [0.25, 0.3) is 0 Å². The van der Waals surface area contributed by atoms with Crippen LogP contribution in [0.2, 0.25) is 0 Å². The molecule has 22 heavy (non-hydrogen) atoms. The van der Waals surface area contributed by atoms with Gasteiger partial charge >= 0.3 is 0 Å². The van der Waals surface area contributed by atoms with Crippen LogP contribution in [0.3, 0.4) is 0 Å². The minimum atomic E-state index is 0. The number of hydrogen-bond acceptors (Lipinski definition) is 3. The molecular formula is C16H33IN4O. The molecule has 0 aromatic heterocycles. The highest BCUT2D eigenvalue weighted by molar-refractivity contribution is 14.0. The fourth-order valence-corrected chi connectivity index (χ4v) is 3.40. The van der Waals surface area contributed by atoms with Crippen LogP contribution in [-0.4, -0.2) is 56.8 Å². The van der Waals surface area contributed by atoms with Gasteiger partial charge in [0.15, 0.2) is 5.96 Å². The Labute approximate surface area is 152 Å². The lowest BCUT2D eigenvalue weighted by atomic mass is 9.84. The summed E-state index contributed by atoms with van der Waals surface area (Å²) in [5.41, 5.74) is 6.42. The maximum atomic E-state index is 5.99. The van der Waals surface area contributed by atoms with E-state index in [1.807, 2.05) is 0 Å². The first-order valence-electron chi connectivity index (χ1n) is 8.58. The van der Waals surface area contributed by atoms with Gasteiger partial charge < -0.3 is 15.8 Å². The fourth-order valence-electron chi connectivity index (χ4n) is 3.40. The van der Waals surface area contributed by atoms with Crippen LogP contribution in [0.1, 0.15) is 45.4 Å². The van der Waals surface area contributed by atoms with Gasteiger partial charge in [0.25, 0.3) is 0 Å². The zero-order valence-electron chi connectivity index (χ0n) is 14.0. The number of guanidine groups is 1. The number of nitrogens with zero attached hydrogens (tertiary/aromatic N) is 2. The van der Waals surface area contributed by atoms with E-state index in [0.717, 1.165) is 52.4 Å². The van der Waals surface area contributed by atoms with E-state index in [1.54, 1.807) is 0 Å². The third-order valence-corrected chi connectivity index (χ3v) is 5.06. The third kappa shape index (κ3) is 6.58. The highest BCUT2D eigenvalue weighted by atomic mass is 127. The Hall–Kier alpha value is -0.0800. The van der Waals surface area contributed by atoms with Gasteiger partial charge in [0.05, 0.1) is 13.2 Å². The molecule has 2 rings (SSSR count). The molecule has 0 bridgehead atoms. The van der Waals surface area contributed by atoms with Crippen molar-refractivity contribution in [3.63, 3.8) is 0 Å². The Kier molecular flexibility index (Phi) is 9.66. The summed E-state index contributed by atoms with van der Waals surface area (Å²) in [6.07, 6.45) is 7.68. The van der Waals surface area contributed by atoms with Crippen LogP contribution in [0.15, 0.2) is 4.99 Å². The molecule has 2 aliphatic rings. The molecule has 1 aliphatic carbocycles. The van der Waals surface area contributed by atoms with Crippen LogP contribution in [0.5, 0.6) is 0 Å². The number of ether oxygens (including phenoxy) is 1. The van der Waals surface area contributed by atoms with Crippen LogP contribution < -0.4 is 11.1 Å². The lowest BCUT2D eigenvalue weighted by molar-refractivity contribution is 0.0376. The van der Waals surface area contributed by atoms with E-state index in [9.17, 15) is 0 Å². The highest BCUT2D eigenvalue weighted by Crippen LogP contribution is 2.40. The molecule has 0 unspecified atom stereocenters. The van der Waals surface area contributed by atoms with Crippen molar-refractivity contribution < 1.29 is 4.74 Å². The largest absolute Gasteiger partial charge is 0.379 e. The molecule has 5 nitrogen and oxygen atoms in total. The third-order valence-electron chi connectivity index (χ3n) is 5.06. The Balaban J connectivity index is 0.00000242. The summed E-state index contributed by atoms with van der Waals surface area (Å²) in [7, 11) is 0. The molecule has 1 saturated carbocycles. The van der Waals surface area contributed by atoms with E-state index in [-0.39, 0.29) is 24.0 Å². The van der Waals surface area contributed by atoms with E-state index >= 15 is 0 Å². The van der Waals surface area contributed by atoms with Crippen LogP contribution in [0, 0.1) is 5.41 Å². The molecule has 0 spiro atoms. The molecule has 0 amide bonds. The van der Waals surface area contributed by atoms with Crippen molar-refractivity contribution in [3.05, 3.63) is 0 Å². The summed E-state index contributed by atoms with van der Waals surface area (Å²) in [6, 6.07) is 0. The minimum Gasteiger partial charge on any atom is -0.379 e. The summed E-state index contributed by atoms with van der Waals surface area (Å²) >= 11 is 0. The van der Waals surface area contributed by atoms with E-state index in [4.69, 9.17) is 10.5 Å². The van der Waals surface area contributed by atoms with Crippen LogP contribution in [-0.2, 0) is 4.74 Å². The Morgan fingerprint density at radius 1 is 1.27 bits per heavy atom. The smallest absolute Gasteiger partial charge is 0.188 e. The zero-order chi connectivity index (χ0) is 15.0. The summed E-state index contributed by atoms with van der Waals surface area (Å²) in [6.45, 7) is 9.06. The van der Waals surface area contributed by atoms with E-state index < -0.39 is 0 Å². The summed E-state index contributed by atoms with van der Waals surface area (Å²) in [5.74, 6) is 0.622. The lowest BCUT2D eigenvalue weighted by Crippen LogP contribution is -2.39. The molecular weight excluding hydrogens is 391 g/mol. The van der Waals surface area contributed by atoms with Crippen molar-refractivity contribution in [1.82, 2.24) is 10.2 Å². The number of morpholine rings is 1. The van der Waals surface area contributed by atoms with Gasteiger partial charge in [-0.3, -0.25) is 9.89 Å². The Bertz CT molecular complexity index is 326. The maximum absolute atomic E-state index is 5.99. The van der Waals surface area contributed by atoms with E-state index in [0.29, 0.717) is 11.4 Å². The molecule has 6 heteroatoms. The molecule has 1 heterocycles. The normalized spacial score (nSPS) is 22.3. The Morgan fingerprint density at radius 3 is 2.59 bits per heavy atom. The molecule has 0 radical (unpaired) electrons. The molecule has 0 aromatic rings. The fraction of sp³-hybridized carbons (Fsp3) is 0.938. The topological polar surface area (TPSA) is 62.9 Å². The predicted molar refractivity (Wildman–Crippen MR) is 103 cm³/mol. The quantitative estimate of drug-likeness (QED) is 0.285. The molecule has 2 fully saturated rings. The second-order valence-corrected chi connectivity index (χ2v) is 6.50. The number of rotatable bonds is 7. The predicted octanol–water partition coefficient (Wildman–Crippen LogP) is 2.20. The van der Waals surface area contributed by atoms with Gasteiger partial charge in [-0.25, -0.2) is 0 Å². The van der Waals surface area contributed by atoms with Gasteiger partial charge in [0.2, 0.25) is 0 Å². The second-order valence-electron chi connectivity index (χ2n) is 6.50. The number of nitrogens with one attached hydrogen (secondary N) is 1. The van der Waals surface area contributed by atoms with Gasteiger partial charge in [-0.2, -0.15) is 0 Å². The minimum absolute atomic E-state index is 0. The summed E-state index contributed by atoms with van der Waals surface area (Å²) < 4.78 is 5.35. The van der Waals surface area contributed by atoms with Crippen LogP contribution >= 0.6 is 24.0 Å². The van der Waals surface area contributed by atoms with Crippen molar-refractivity contribution in [2.45, 2.75) is 45.4 Å². The van der Waals surface area contributed by atoms with Gasteiger partial charge in [0.1, 0.15) is 0 Å². The van der Waals surface area contributed by atoms with Crippen molar-refractivity contribution >= 4 is 29.9 Å². The first-order valence-corrected chi connectivity index (χ1v) is 8.58. The van der Waals surface area contributed by atoms with Gasteiger partial charge in [-0.15, -0.1) is 24.0 Å². The second kappa shape index (κ2) is 10.6. The lowest BCUT2D eigenvalue weighted by Gasteiger charge is -2.26. The van der Waals surface area contributed by atoms with Crippen molar-refractivity contribution in [1.29, 1.82) is 0 Å². The first kappa shape index (κ1) is 20.0. The van der Waals surface area contributed by atoms with Crippen LogP contribution in [0.4, 0.5) is 0 Å². The van der Waals surface area contributed by atoms with Crippen molar-refractivity contribution in [2.24, 2.45) is 16.1 Å². The molecule has 130 valence electrons. The SMILES string of the molecule is CCC1(CN=C(N)NCCCN2CCOCC2)CCCC1.I. The molecule has 1 aliphatic heterocycles. The number of nitrogens with two attached hydrogens (primary N) is 1. The Morgan fingerprint density at radius 2 is 1.95 bits per heavy atom. The number of hydrogen-bond donors (Lipinski definition) is 2. The standard InChI is InChI=1S/C16H32N4O.HI/c1-2-16(6-3-4-7-16)14-19-15(17)18-8-5-9-20-10-12-21-13-11-20;/h2-14H2,1H3,(H3,17,18,19);1H. The molecule has 0 atom stereocenters. The molecule has 1 saturated heterocycles. The molecule has 0 aromatic carbocycles. The number of halogens is 1. The average Bonchev–Trinajstić information content (AvgIpc) is 3.00. The number of aliphatic imine (C=N–C) groups is 1. The first-order chi connectivity index (χ1) is 10.2. The summed E-state index contributed by atoms with van der Waals surface area (Å²) in [4.78, 5) is 7.03. The average molecular weight is 424 g/mol. The summed E-state index contributed by atoms with van der Waals surface area (Å²) in [5, 5.41) is 3.26. The van der Waals surface area contributed by atoms with Gasteiger partial charge in [0, 0.05) is 26.2 Å². The van der Waals surface area contributed by atoms with Crippen molar-refractivity contribution in [3.8, 4) is 0 Å². The van der Waals surface area contributed by atoms with Crippen molar-refractivity contribution in [2.75, 3.05) is 45.9 Å². The highest BCUT2D eigenvalue weighted by Gasteiger charge is 2.31. The van der Waals surface area contributed by atoms with Gasteiger partial charge in [-0.05, 0) is 37.6 Å². The maximum Gasteiger partial charge on any atom is 0.188 e. The van der Waals surface area contributed by atoms with Gasteiger partial charge in [-0.1, -0.05) is 19.8 Å². The van der Waals surface area contributed by atoms with E-state index in [1.165, 1.54) is 32.1 Å². The molecule has 3 N–H and O–H groups in total. The monoisotopic (exact) mass is 424 g/mol. The zero-order valence-corrected chi connectivity index (χ0v) is 16.3. The van der Waals surface area contributed by atoms with E-state index in [2.05, 4.69) is 22.1 Å².